The first-order valence-corrected chi connectivity index (χ1v) is 13.2. The minimum Gasteiger partial charge on any atom is -0.491 e. The van der Waals surface area contributed by atoms with Crippen molar-refractivity contribution in [2.45, 2.75) is 11.8 Å². The van der Waals surface area contributed by atoms with Crippen LogP contribution >= 0.6 is 0 Å². The van der Waals surface area contributed by atoms with Gasteiger partial charge in [0, 0.05) is 31.9 Å². The van der Waals surface area contributed by atoms with E-state index in [1.165, 1.54) is 12.1 Å². The monoisotopic (exact) mass is 522 g/mol. The molecule has 0 fully saturated rings. The second kappa shape index (κ2) is 12.1. The summed E-state index contributed by atoms with van der Waals surface area (Å²) in [6.07, 6.45) is 3.79. The summed E-state index contributed by atoms with van der Waals surface area (Å²) in [7, 11) is 0.222. The van der Waals surface area contributed by atoms with Crippen LogP contribution in [-0.2, 0) is 19.0 Å². The Morgan fingerprint density at radius 3 is 2.35 bits per heavy atom. The molecule has 0 bridgehead atoms. The maximum atomic E-state index is 12.2. The topological polar surface area (TPSA) is 91.1 Å². The van der Waals surface area contributed by atoms with Crippen molar-refractivity contribution in [3.05, 3.63) is 83.7 Å². The fraction of sp³-hybridized carbons (Fsp3) is 0.250. The summed E-state index contributed by atoms with van der Waals surface area (Å²) < 4.78 is 46.3. The number of fused-ring (bicyclic) bond motifs is 1. The summed E-state index contributed by atoms with van der Waals surface area (Å²) in [4.78, 5) is 6.66. The van der Waals surface area contributed by atoms with Crippen LogP contribution in [0.5, 0.6) is 5.75 Å². The third-order valence-electron chi connectivity index (χ3n) is 5.48. The summed E-state index contributed by atoms with van der Waals surface area (Å²) in [5.74, 6) is 1.13. The molecule has 37 heavy (non-hydrogen) atoms. The van der Waals surface area contributed by atoms with Crippen LogP contribution in [-0.4, -0.2) is 53.9 Å². The molecule has 0 N–H and O–H groups in total. The summed E-state index contributed by atoms with van der Waals surface area (Å²) >= 11 is 0. The largest absolute Gasteiger partial charge is 0.491 e. The maximum absolute atomic E-state index is 12.2. The summed E-state index contributed by atoms with van der Waals surface area (Å²) in [5, 5.41) is 0. The van der Waals surface area contributed by atoms with E-state index >= 15 is 0 Å². The van der Waals surface area contributed by atoms with Crippen LogP contribution in [0.3, 0.4) is 0 Å². The van der Waals surface area contributed by atoms with Gasteiger partial charge in [-0.05, 0) is 55.0 Å². The highest BCUT2D eigenvalue weighted by atomic mass is 32.2. The SMILES string of the molecule is Cc1ccc(S(=O)(=O)OCCOCCOc2ccc3nc(C=Cc4ccc(N(C)C)cc4)oc3c2)cc1. The zero-order valence-electron chi connectivity index (χ0n) is 21.1. The second-order valence-electron chi connectivity index (χ2n) is 8.55. The lowest BCUT2D eigenvalue weighted by Gasteiger charge is -2.11. The molecule has 1 aromatic heterocycles. The van der Waals surface area contributed by atoms with Crippen molar-refractivity contribution in [3.63, 3.8) is 0 Å². The number of hydrogen-bond donors (Lipinski definition) is 0. The van der Waals surface area contributed by atoms with Crippen molar-refractivity contribution in [2.75, 3.05) is 45.4 Å². The van der Waals surface area contributed by atoms with Gasteiger partial charge in [0.2, 0.25) is 5.89 Å². The summed E-state index contributed by atoms with van der Waals surface area (Å²) in [6.45, 7) is 2.52. The van der Waals surface area contributed by atoms with Crippen molar-refractivity contribution < 1.29 is 26.5 Å². The molecule has 194 valence electrons. The fourth-order valence-corrected chi connectivity index (χ4v) is 4.32. The number of oxazole rings is 1. The third-order valence-corrected chi connectivity index (χ3v) is 6.80. The normalized spacial score (nSPS) is 11.9. The zero-order chi connectivity index (χ0) is 26.3. The van der Waals surface area contributed by atoms with Crippen LogP contribution in [0.1, 0.15) is 17.0 Å². The first-order valence-electron chi connectivity index (χ1n) is 11.8. The minimum absolute atomic E-state index is 0.0731. The van der Waals surface area contributed by atoms with Crippen molar-refractivity contribution in [2.24, 2.45) is 0 Å². The molecule has 3 aromatic carbocycles. The van der Waals surface area contributed by atoms with Gasteiger partial charge in [0.15, 0.2) is 5.58 Å². The lowest BCUT2D eigenvalue weighted by atomic mass is 10.2. The van der Waals surface area contributed by atoms with Gasteiger partial charge in [0.05, 0.1) is 24.7 Å². The van der Waals surface area contributed by atoms with Gasteiger partial charge in [0.25, 0.3) is 10.1 Å². The van der Waals surface area contributed by atoms with E-state index in [-0.39, 0.29) is 24.7 Å². The predicted octanol–water partition coefficient (Wildman–Crippen LogP) is 5.17. The molecule has 4 rings (SSSR count). The number of anilines is 1. The Morgan fingerprint density at radius 1 is 0.892 bits per heavy atom. The van der Waals surface area contributed by atoms with E-state index in [2.05, 4.69) is 22.0 Å². The molecule has 0 spiro atoms. The van der Waals surface area contributed by atoms with Gasteiger partial charge in [-0.2, -0.15) is 8.42 Å². The lowest BCUT2D eigenvalue weighted by molar-refractivity contribution is 0.0779. The third kappa shape index (κ3) is 7.42. The van der Waals surface area contributed by atoms with Crippen LogP contribution in [0, 0.1) is 6.92 Å². The Labute approximate surface area is 217 Å². The van der Waals surface area contributed by atoms with E-state index in [0.717, 1.165) is 22.3 Å². The Morgan fingerprint density at radius 2 is 1.62 bits per heavy atom. The molecule has 4 aromatic rings. The molecular weight excluding hydrogens is 492 g/mol. The molecular formula is C28H30N2O6S. The fourth-order valence-electron chi connectivity index (χ4n) is 3.43. The molecule has 0 saturated heterocycles. The van der Waals surface area contributed by atoms with Gasteiger partial charge < -0.3 is 18.8 Å². The van der Waals surface area contributed by atoms with Crippen LogP contribution < -0.4 is 9.64 Å². The van der Waals surface area contributed by atoms with Gasteiger partial charge in [0.1, 0.15) is 17.9 Å². The number of aromatic nitrogens is 1. The van der Waals surface area contributed by atoms with Crippen LogP contribution in [0.25, 0.3) is 23.3 Å². The van der Waals surface area contributed by atoms with Crippen molar-refractivity contribution in [1.29, 1.82) is 0 Å². The zero-order valence-corrected chi connectivity index (χ0v) is 21.9. The molecule has 0 aliphatic rings. The molecule has 0 atom stereocenters. The second-order valence-corrected chi connectivity index (χ2v) is 10.2. The van der Waals surface area contributed by atoms with Gasteiger partial charge in [-0.1, -0.05) is 29.8 Å². The van der Waals surface area contributed by atoms with E-state index in [0.29, 0.717) is 23.8 Å². The molecule has 0 unspecified atom stereocenters. The van der Waals surface area contributed by atoms with E-state index in [9.17, 15) is 8.42 Å². The maximum Gasteiger partial charge on any atom is 0.297 e. The summed E-state index contributed by atoms with van der Waals surface area (Å²) in [5.41, 5.74) is 4.52. The van der Waals surface area contributed by atoms with E-state index < -0.39 is 10.1 Å². The minimum atomic E-state index is -3.79. The van der Waals surface area contributed by atoms with Gasteiger partial charge in [-0.25, -0.2) is 4.98 Å². The smallest absolute Gasteiger partial charge is 0.297 e. The van der Waals surface area contributed by atoms with E-state index in [1.807, 2.05) is 57.4 Å². The first kappa shape index (κ1) is 26.4. The highest BCUT2D eigenvalue weighted by Crippen LogP contribution is 2.23. The highest BCUT2D eigenvalue weighted by molar-refractivity contribution is 7.86. The molecule has 0 saturated carbocycles. The quantitative estimate of drug-likeness (QED) is 0.186. The van der Waals surface area contributed by atoms with Crippen molar-refractivity contribution >= 4 is 39.1 Å². The molecule has 0 radical (unpaired) electrons. The number of rotatable bonds is 12. The van der Waals surface area contributed by atoms with Gasteiger partial charge in [-0.3, -0.25) is 4.18 Å². The molecule has 1 heterocycles. The predicted molar refractivity (Wildman–Crippen MR) is 144 cm³/mol. The van der Waals surface area contributed by atoms with Gasteiger partial charge >= 0.3 is 0 Å². The number of benzene rings is 3. The first-order chi connectivity index (χ1) is 17.8. The average molecular weight is 523 g/mol. The molecule has 0 amide bonds. The Kier molecular flexibility index (Phi) is 8.60. The van der Waals surface area contributed by atoms with Crippen molar-refractivity contribution in [3.8, 4) is 5.75 Å². The van der Waals surface area contributed by atoms with E-state index in [4.69, 9.17) is 18.1 Å². The summed E-state index contributed by atoms with van der Waals surface area (Å²) in [6, 6.07) is 20.1. The van der Waals surface area contributed by atoms with E-state index in [1.54, 1.807) is 18.2 Å². The average Bonchev–Trinajstić information content (AvgIpc) is 3.29. The molecule has 8 nitrogen and oxygen atoms in total. The highest BCUT2D eigenvalue weighted by Gasteiger charge is 2.14. The van der Waals surface area contributed by atoms with Crippen LogP contribution in [0.15, 0.2) is 76.0 Å². The Hall–Kier alpha value is -3.66. The molecule has 0 aliphatic heterocycles. The van der Waals surface area contributed by atoms with Crippen molar-refractivity contribution in [1.82, 2.24) is 4.98 Å². The Balaban J connectivity index is 1.21. The number of nitrogens with zero attached hydrogens (tertiary/aromatic N) is 2. The number of aryl methyl sites for hydroxylation is 1. The van der Waals surface area contributed by atoms with Gasteiger partial charge in [-0.15, -0.1) is 0 Å². The standard InChI is InChI=1S/C28H30N2O6S/c1-21-4-12-25(13-5-21)37(31,32)35-19-17-33-16-18-34-24-11-14-26-27(20-24)36-28(29-26)15-8-22-6-9-23(10-7-22)30(2)3/h4-15,20H,16-19H2,1-3H3. The van der Waals surface area contributed by atoms with Crippen LogP contribution in [0.4, 0.5) is 5.69 Å². The lowest BCUT2D eigenvalue weighted by Crippen LogP contribution is -2.14. The Bertz CT molecular complexity index is 1440. The molecule has 0 aliphatic carbocycles. The number of hydrogen-bond acceptors (Lipinski definition) is 8. The number of ether oxygens (including phenoxy) is 2. The molecule has 9 heteroatoms. The van der Waals surface area contributed by atoms with Crippen LogP contribution in [0.2, 0.25) is 0 Å².